The fraction of sp³-hybridized carbons (Fsp3) is 0.235. The number of carbonyl (C=O) groups is 1. The van der Waals surface area contributed by atoms with E-state index in [1.54, 1.807) is 24.3 Å². The van der Waals surface area contributed by atoms with Crippen LogP contribution in [0, 0.1) is 12.7 Å². The summed E-state index contributed by atoms with van der Waals surface area (Å²) < 4.78 is 50.0. The molecule has 2 aromatic rings. The van der Waals surface area contributed by atoms with Crippen molar-refractivity contribution >= 4 is 21.7 Å². The van der Waals surface area contributed by atoms with Gasteiger partial charge in [-0.25, -0.2) is 12.8 Å². The Labute approximate surface area is 145 Å². The second-order valence-electron chi connectivity index (χ2n) is 5.22. The zero-order valence-corrected chi connectivity index (χ0v) is 14.8. The van der Waals surface area contributed by atoms with Gasteiger partial charge in [0.15, 0.2) is 11.6 Å². The summed E-state index contributed by atoms with van der Waals surface area (Å²) in [6, 6.07) is 9.84. The van der Waals surface area contributed by atoms with Crippen molar-refractivity contribution in [2.24, 2.45) is 0 Å². The van der Waals surface area contributed by atoms with E-state index in [4.69, 9.17) is 4.74 Å². The topological polar surface area (TPSA) is 72.9 Å². The van der Waals surface area contributed by atoms with Crippen LogP contribution in [0.5, 0.6) is 5.75 Å². The van der Waals surface area contributed by atoms with Gasteiger partial charge in [-0.05, 0) is 37.3 Å². The van der Waals surface area contributed by atoms with Crippen LogP contribution in [0.4, 0.5) is 10.1 Å². The van der Waals surface area contributed by atoms with Crippen LogP contribution in [0.2, 0.25) is 0 Å². The average Bonchev–Trinajstić information content (AvgIpc) is 2.60. The number of benzene rings is 2. The Balaban J connectivity index is 2.52. The molecule has 25 heavy (non-hydrogen) atoms. The molecule has 0 unspecified atom stereocenters. The van der Waals surface area contributed by atoms with Gasteiger partial charge in [0, 0.05) is 0 Å². The van der Waals surface area contributed by atoms with Gasteiger partial charge in [-0.15, -0.1) is 0 Å². The highest BCUT2D eigenvalue weighted by atomic mass is 32.2. The van der Waals surface area contributed by atoms with Crippen LogP contribution >= 0.6 is 0 Å². The molecule has 8 heteroatoms. The minimum absolute atomic E-state index is 0.0752. The molecule has 0 aliphatic heterocycles. The first-order valence-corrected chi connectivity index (χ1v) is 8.73. The zero-order chi connectivity index (χ0) is 18.6. The number of rotatable bonds is 6. The van der Waals surface area contributed by atoms with E-state index < -0.39 is 28.4 Å². The van der Waals surface area contributed by atoms with Crippen molar-refractivity contribution in [2.45, 2.75) is 11.8 Å². The van der Waals surface area contributed by atoms with Crippen molar-refractivity contribution in [1.29, 1.82) is 0 Å². The largest absolute Gasteiger partial charge is 0.494 e. The lowest BCUT2D eigenvalue weighted by Crippen LogP contribution is -2.36. The molecular weight excluding hydrogens is 349 g/mol. The predicted molar refractivity (Wildman–Crippen MR) is 90.7 cm³/mol. The van der Waals surface area contributed by atoms with Gasteiger partial charge in [-0.3, -0.25) is 9.10 Å². The molecule has 0 bridgehead atoms. The summed E-state index contributed by atoms with van der Waals surface area (Å²) in [7, 11) is -1.74. The molecule has 0 fully saturated rings. The first-order valence-electron chi connectivity index (χ1n) is 7.29. The molecule has 0 aromatic heterocycles. The fourth-order valence-electron chi connectivity index (χ4n) is 2.14. The first kappa shape index (κ1) is 18.7. The predicted octanol–water partition coefficient (Wildman–Crippen LogP) is 2.51. The van der Waals surface area contributed by atoms with Crippen LogP contribution in [-0.4, -0.2) is 35.2 Å². The minimum Gasteiger partial charge on any atom is -0.494 e. The molecule has 0 aliphatic carbocycles. The average molecular weight is 367 g/mol. The van der Waals surface area contributed by atoms with E-state index in [0.29, 0.717) is 0 Å². The second-order valence-corrected chi connectivity index (χ2v) is 7.08. The Bertz CT molecular complexity index is 865. The van der Waals surface area contributed by atoms with Crippen molar-refractivity contribution in [3.8, 4) is 5.75 Å². The smallest absolute Gasteiger partial charge is 0.326 e. The van der Waals surface area contributed by atoms with E-state index in [0.717, 1.165) is 23.0 Å². The number of anilines is 1. The highest BCUT2D eigenvalue weighted by Crippen LogP contribution is 2.27. The number of sulfonamides is 1. The lowest BCUT2D eigenvalue weighted by molar-refractivity contribution is -0.138. The lowest BCUT2D eigenvalue weighted by Gasteiger charge is -2.23. The van der Waals surface area contributed by atoms with Crippen LogP contribution in [0.15, 0.2) is 47.4 Å². The first-order chi connectivity index (χ1) is 11.8. The van der Waals surface area contributed by atoms with Crippen molar-refractivity contribution < 1.29 is 27.1 Å². The molecule has 6 nitrogen and oxygen atoms in total. The molecule has 0 radical (unpaired) electrons. The summed E-state index contributed by atoms with van der Waals surface area (Å²) in [5, 5.41) is 0. The molecule has 0 heterocycles. The van der Waals surface area contributed by atoms with Crippen molar-refractivity contribution in [3.63, 3.8) is 0 Å². The lowest BCUT2D eigenvalue weighted by atomic mass is 10.2. The zero-order valence-electron chi connectivity index (χ0n) is 14.0. The minimum atomic E-state index is -4.18. The summed E-state index contributed by atoms with van der Waals surface area (Å²) in [5.74, 6) is -1.63. The van der Waals surface area contributed by atoms with Gasteiger partial charge in [0.2, 0.25) is 0 Å². The molecule has 0 N–H and O–H groups in total. The molecule has 134 valence electrons. The number of halogens is 1. The van der Waals surface area contributed by atoms with Crippen LogP contribution in [0.1, 0.15) is 5.56 Å². The monoisotopic (exact) mass is 367 g/mol. The van der Waals surface area contributed by atoms with E-state index in [1.165, 1.54) is 19.2 Å². The van der Waals surface area contributed by atoms with E-state index >= 15 is 0 Å². The van der Waals surface area contributed by atoms with Gasteiger partial charge in [-0.1, -0.05) is 17.7 Å². The van der Waals surface area contributed by atoms with Crippen LogP contribution in [0.25, 0.3) is 0 Å². The number of hydrogen-bond donors (Lipinski definition) is 0. The molecular formula is C17H18FNO5S. The summed E-state index contributed by atoms with van der Waals surface area (Å²) >= 11 is 0. The van der Waals surface area contributed by atoms with E-state index in [9.17, 15) is 17.6 Å². The van der Waals surface area contributed by atoms with E-state index in [1.807, 2.05) is 6.92 Å². The number of esters is 1. The molecule has 0 saturated carbocycles. The molecule has 0 spiro atoms. The Morgan fingerprint density at radius 3 is 2.28 bits per heavy atom. The maximum atomic E-state index is 13.9. The highest BCUT2D eigenvalue weighted by molar-refractivity contribution is 7.92. The number of aryl methyl sites for hydroxylation is 1. The maximum Gasteiger partial charge on any atom is 0.326 e. The number of methoxy groups -OCH3 is 2. The van der Waals surface area contributed by atoms with Gasteiger partial charge in [0.1, 0.15) is 6.54 Å². The highest BCUT2D eigenvalue weighted by Gasteiger charge is 2.28. The van der Waals surface area contributed by atoms with Gasteiger partial charge < -0.3 is 9.47 Å². The normalized spacial score (nSPS) is 11.0. The maximum absolute atomic E-state index is 13.9. The van der Waals surface area contributed by atoms with Crippen molar-refractivity contribution in [2.75, 3.05) is 25.1 Å². The van der Waals surface area contributed by atoms with Gasteiger partial charge in [-0.2, -0.15) is 0 Å². The Kier molecular flexibility index (Phi) is 5.63. The third-order valence-electron chi connectivity index (χ3n) is 3.53. The van der Waals surface area contributed by atoms with E-state index in [-0.39, 0.29) is 16.3 Å². The molecule has 2 aromatic carbocycles. The van der Waals surface area contributed by atoms with Crippen LogP contribution in [-0.2, 0) is 19.6 Å². The summed E-state index contributed by atoms with van der Waals surface area (Å²) in [6.45, 7) is 1.32. The third kappa shape index (κ3) is 4.08. The Hall–Kier alpha value is -2.61. The summed E-state index contributed by atoms with van der Waals surface area (Å²) in [4.78, 5) is 11.4. The number of ether oxygens (including phenoxy) is 2. The standard InChI is InChI=1S/C17H18FNO5S/c1-12-4-6-13(7-5-12)19(11-17(20)24-3)25(21,22)14-8-9-16(23-2)15(18)10-14/h4-10H,11H2,1-3H3. The van der Waals surface area contributed by atoms with Crippen LogP contribution < -0.4 is 9.04 Å². The van der Waals surface area contributed by atoms with Crippen molar-refractivity contribution in [3.05, 3.63) is 53.8 Å². The fourth-order valence-corrected chi connectivity index (χ4v) is 3.56. The SMILES string of the molecule is COC(=O)CN(c1ccc(C)cc1)S(=O)(=O)c1ccc(OC)c(F)c1. The molecule has 0 amide bonds. The van der Waals surface area contributed by atoms with E-state index in [2.05, 4.69) is 4.74 Å². The summed E-state index contributed by atoms with van der Waals surface area (Å²) in [6.07, 6.45) is 0. The Morgan fingerprint density at radius 1 is 1.12 bits per heavy atom. The van der Waals surface area contributed by atoms with Crippen LogP contribution in [0.3, 0.4) is 0 Å². The quantitative estimate of drug-likeness (QED) is 0.734. The number of nitrogens with zero attached hydrogens (tertiary/aromatic N) is 1. The van der Waals surface area contributed by atoms with Gasteiger partial charge in [0.25, 0.3) is 10.0 Å². The van der Waals surface area contributed by atoms with Gasteiger partial charge >= 0.3 is 5.97 Å². The molecule has 0 atom stereocenters. The van der Waals surface area contributed by atoms with Crippen molar-refractivity contribution in [1.82, 2.24) is 0 Å². The molecule has 0 aliphatic rings. The summed E-state index contributed by atoms with van der Waals surface area (Å²) in [5.41, 5.74) is 1.20. The third-order valence-corrected chi connectivity index (χ3v) is 5.30. The van der Waals surface area contributed by atoms with Gasteiger partial charge in [0.05, 0.1) is 24.8 Å². The number of hydrogen-bond acceptors (Lipinski definition) is 5. The molecule has 2 rings (SSSR count). The Morgan fingerprint density at radius 2 is 1.76 bits per heavy atom. The molecule has 0 saturated heterocycles. The number of carbonyl (C=O) groups excluding carboxylic acids is 1. The second kappa shape index (κ2) is 7.52.